The Morgan fingerprint density at radius 2 is 1.72 bits per heavy atom. The van der Waals surface area contributed by atoms with Gasteiger partial charge in [-0.2, -0.15) is 0 Å². The first-order chi connectivity index (χ1) is 12.2. The molecule has 0 amide bonds. The van der Waals surface area contributed by atoms with Crippen molar-refractivity contribution >= 4 is 5.97 Å². The third kappa shape index (κ3) is 3.03. The molecule has 3 aromatic rings. The summed E-state index contributed by atoms with van der Waals surface area (Å²) in [7, 11) is 0. The Bertz CT molecular complexity index is 936. The highest BCUT2D eigenvalue weighted by molar-refractivity contribution is 5.73. The molecule has 0 unspecified atom stereocenters. The molecule has 25 heavy (non-hydrogen) atoms. The van der Waals surface area contributed by atoms with Gasteiger partial charge in [-0.15, -0.1) is 0 Å². The first-order valence-electron chi connectivity index (χ1n) is 8.47. The number of carbonyl (C=O) groups is 1. The SMILES string of the molecule is O=C(O)CCc1nc(-c2ccccc2)nc2c1CCc1ccccc1-2. The second-order valence-corrected chi connectivity index (χ2v) is 6.24. The Morgan fingerprint density at radius 1 is 0.960 bits per heavy atom. The van der Waals surface area contributed by atoms with Gasteiger partial charge < -0.3 is 5.11 Å². The molecule has 0 spiro atoms. The first-order valence-corrected chi connectivity index (χ1v) is 8.47. The first kappa shape index (κ1) is 15.5. The van der Waals surface area contributed by atoms with Crippen molar-refractivity contribution in [2.24, 2.45) is 0 Å². The van der Waals surface area contributed by atoms with E-state index in [0.717, 1.165) is 40.9 Å². The van der Waals surface area contributed by atoms with Crippen LogP contribution >= 0.6 is 0 Å². The predicted molar refractivity (Wildman–Crippen MR) is 96.3 cm³/mol. The number of hydrogen-bond acceptors (Lipinski definition) is 3. The quantitative estimate of drug-likeness (QED) is 0.787. The summed E-state index contributed by atoms with van der Waals surface area (Å²) in [6.07, 6.45) is 2.31. The summed E-state index contributed by atoms with van der Waals surface area (Å²) in [4.78, 5) is 20.6. The smallest absolute Gasteiger partial charge is 0.303 e. The molecule has 124 valence electrons. The van der Waals surface area contributed by atoms with Gasteiger partial charge in [-0.3, -0.25) is 4.79 Å². The molecule has 0 bridgehead atoms. The van der Waals surface area contributed by atoms with Crippen molar-refractivity contribution in [1.29, 1.82) is 0 Å². The number of carboxylic acids is 1. The molecule has 1 heterocycles. The summed E-state index contributed by atoms with van der Waals surface area (Å²) in [6.45, 7) is 0. The zero-order chi connectivity index (χ0) is 17.2. The van der Waals surface area contributed by atoms with Gasteiger partial charge in [0, 0.05) is 28.8 Å². The predicted octanol–water partition coefficient (Wildman–Crippen LogP) is 3.93. The minimum absolute atomic E-state index is 0.0827. The molecule has 0 aliphatic heterocycles. The number of hydrogen-bond donors (Lipinski definition) is 1. The number of aromatic nitrogens is 2. The van der Waals surface area contributed by atoms with Gasteiger partial charge in [0.25, 0.3) is 0 Å². The molecule has 2 aromatic carbocycles. The van der Waals surface area contributed by atoms with Gasteiger partial charge in [-0.1, -0.05) is 54.6 Å². The van der Waals surface area contributed by atoms with Crippen molar-refractivity contribution in [2.75, 3.05) is 0 Å². The maximum Gasteiger partial charge on any atom is 0.303 e. The lowest BCUT2D eigenvalue weighted by atomic mass is 9.87. The summed E-state index contributed by atoms with van der Waals surface area (Å²) in [6, 6.07) is 18.2. The summed E-state index contributed by atoms with van der Waals surface area (Å²) >= 11 is 0. The monoisotopic (exact) mass is 330 g/mol. The molecule has 0 fully saturated rings. The van der Waals surface area contributed by atoms with E-state index >= 15 is 0 Å². The maximum absolute atomic E-state index is 11.1. The summed E-state index contributed by atoms with van der Waals surface area (Å²) < 4.78 is 0. The second-order valence-electron chi connectivity index (χ2n) is 6.24. The van der Waals surface area contributed by atoms with Gasteiger partial charge in [0.2, 0.25) is 0 Å². The third-order valence-corrected chi connectivity index (χ3v) is 4.62. The van der Waals surface area contributed by atoms with Gasteiger partial charge in [0.05, 0.1) is 12.1 Å². The molecule has 4 rings (SSSR count). The summed E-state index contributed by atoms with van der Waals surface area (Å²) in [5.41, 5.74) is 6.29. The molecular weight excluding hydrogens is 312 g/mol. The molecule has 4 heteroatoms. The van der Waals surface area contributed by atoms with E-state index in [1.165, 1.54) is 5.56 Å². The third-order valence-electron chi connectivity index (χ3n) is 4.62. The Kier molecular flexibility index (Phi) is 4.02. The number of nitrogens with zero attached hydrogens (tertiary/aromatic N) is 2. The fraction of sp³-hybridized carbons (Fsp3) is 0.190. The minimum atomic E-state index is -0.801. The Morgan fingerprint density at radius 3 is 2.52 bits per heavy atom. The maximum atomic E-state index is 11.1. The molecule has 1 aliphatic carbocycles. The van der Waals surface area contributed by atoms with Crippen LogP contribution in [0.15, 0.2) is 54.6 Å². The van der Waals surface area contributed by atoms with E-state index in [2.05, 4.69) is 18.2 Å². The number of benzene rings is 2. The van der Waals surface area contributed by atoms with Crippen LogP contribution in [0.5, 0.6) is 0 Å². The standard InChI is InChI=1S/C21H18N2O2/c24-19(25)13-12-18-17-11-10-14-6-4-5-9-16(14)20(17)23-21(22-18)15-7-2-1-3-8-15/h1-9H,10-13H2,(H,24,25). The van der Waals surface area contributed by atoms with Crippen molar-refractivity contribution in [3.63, 3.8) is 0 Å². The Labute approximate surface area is 146 Å². The van der Waals surface area contributed by atoms with Crippen molar-refractivity contribution < 1.29 is 9.90 Å². The number of carboxylic acid groups (broad SMARTS) is 1. The van der Waals surface area contributed by atoms with Gasteiger partial charge >= 0.3 is 5.97 Å². The lowest BCUT2D eigenvalue weighted by Gasteiger charge is -2.22. The van der Waals surface area contributed by atoms with Crippen LogP contribution < -0.4 is 0 Å². The number of aliphatic carboxylic acids is 1. The fourth-order valence-corrected chi connectivity index (χ4v) is 3.39. The molecule has 4 nitrogen and oxygen atoms in total. The van der Waals surface area contributed by atoms with E-state index in [1.807, 2.05) is 36.4 Å². The Balaban J connectivity index is 1.89. The normalized spacial score (nSPS) is 12.3. The van der Waals surface area contributed by atoms with E-state index in [-0.39, 0.29) is 6.42 Å². The molecule has 0 saturated heterocycles. The Hall–Kier alpha value is -3.01. The number of aryl methyl sites for hydroxylation is 2. The van der Waals surface area contributed by atoms with Crippen LogP contribution in [0.4, 0.5) is 0 Å². The van der Waals surface area contributed by atoms with Crippen LogP contribution in [0.1, 0.15) is 23.2 Å². The zero-order valence-electron chi connectivity index (χ0n) is 13.8. The van der Waals surface area contributed by atoms with Gasteiger partial charge in [0.1, 0.15) is 0 Å². The van der Waals surface area contributed by atoms with E-state index in [1.54, 1.807) is 0 Å². The lowest BCUT2D eigenvalue weighted by molar-refractivity contribution is -0.136. The zero-order valence-corrected chi connectivity index (χ0v) is 13.8. The van der Waals surface area contributed by atoms with Crippen molar-refractivity contribution in [3.8, 4) is 22.6 Å². The summed E-state index contributed by atoms with van der Waals surface area (Å²) in [5, 5.41) is 9.08. The van der Waals surface area contributed by atoms with Crippen molar-refractivity contribution in [3.05, 3.63) is 71.4 Å². The molecule has 0 radical (unpaired) electrons. The van der Waals surface area contributed by atoms with Crippen LogP contribution in [-0.4, -0.2) is 21.0 Å². The van der Waals surface area contributed by atoms with Gasteiger partial charge in [-0.05, 0) is 18.4 Å². The average Bonchev–Trinajstić information content (AvgIpc) is 2.66. The second kappa shape index (κ2) is 6.48. The van der Waals surface area contributed by atoms with Gasteiger partial charge in [-0.25, -0.2) is 9.97 Å². The van der Waals surface area contributed by atoms with E-state index < -0.39 is 5.97 Å². The molecule has 0 atom stereocenters. The molecule has 1 aliphatic rings. The largest absolute Gasteiger partial charge is 0.481 e. The highest BCUT2D eigenvalue weighted by Gasteiger charge is 2.22. The number of rotatable bonds is 4. The summed E-state index contributed by atoms with van der Waals surface area (Å²) in [5.74, 6) is -0.138. The van der Waals surface area contributed by atoms with E-state index in [0.29, 0.717) is 12.2 Å². The average molecular weight is 330 g/mol. The van der Waals surface area contributed by atoms with Crippen LogP contribution in [-0.2, 0) is 24.1 Å². The molecular formula is C21H18N2O2. The topological polar surface area (TPSA) is 63.1 Å². The number of fused-ring (bicyclic) bond motifs is 3. The van der Waals surface area contributed by atoms with Crippen LogP contribution in [0, 0.1) is 0 Å². The van der Waals surface area contributed by atoms with E-state index in [4.69, 9.17) is 15.1 Å². The van der Waals surface area contributed by atoms with Crippen LogP contribution in [0.3, 0.4) is 0 Å². The van der Waals surface area contributed by atoms with Crippen LogP contribution in [0.2, 0.25) is 0 Å². The fourth-order valence-electron chi connectivity index (χ4n) is 3.39. The molecule has 1 N–H and O–H groups in total. The van der Waals surface area contributed by atoms with Crippen molar-refractivity contribution in [1.82, 2.24) is 9.97 Å². The minimum Gasteiger partial charge on any atom is -0.481 e. The van der Waals surface area contributed by atoms with Crippen LogP contribution in [0.25, 0.3) is 22.6 Å². The van der Waals surface area contributed by atoms with Gasteiger partial charge in [0.15, 0.2) is 5.82 Å². The van der Waals surface area contributed by atoms with Crippen molar-refractivity contribution in [2.45, 2.75) is 25.7 Å². The lowest BCUT2D eigenvalue weighted by Crippen LogP contribution is -2.13. The highest BCUT2D eigenvalue weighted by atomic mass is 16.4. The molecule has 0 saturated carbocycles. The molecule has 1 aromatic heterocycles. The highest BCUT2D eigenvalue weighted by Crippen LogP contribution is 2.35. The van der Waals surface area contributed by atoms with E-state index in [9.17, 15) is 4.79 Å².